The lowest BCUT2D eigenvalue weighted by atomic mass is 10.1. The van der Waals surface area contributed by atoms with E-state index in [-0.39, 0.29) is 35.5 Å². The second kappa shape index (κ2) is 10.8. The van der Waals surface area contributed by atoms with Gasteiger partial charge in [0.1, 0.15) is 0 Å². The van der Waals surface area contributed by atoms with Gasteiger partial charge in [0.2, 0.25) is 10.0 Å². The Morgan fingerprint density at radius 2 is 1.57 bits per heavy atom. The van der Waals surface area contributed by atoms with Gasteiger partial charge in [0, 0.05) is 18.7 Å². The number of nitrogens with zero attached hydrogens (tertiary/aromatic N) is 1. The van der Waals surface area contributed by atoms with Crippen LogP contribution in [0, 0.1) is 0 Å². The zero-order valence-corrected chi connectivity index (χ0v) is 20.1. The molecule has 4 rings (SSSR count). The van der Waals surface area contributed by atoms with E-state index in [1.807, 2.05) is 37.3 Å². The molecule has 8 nitrogen and oxygen atoms in total. The lowest BCUT2D eigenvalue weighted by Gasteiger charge is -2.26. The first-order valence-corrected chi connectivity index (χ1v) is 12.7. The summed E-state index contributed by atoms with van der Waals surface area (Å²) in [7, 11) is -3.74. The zero-order chi connectivity index (χ0) is 24.8. The molecule has 0 radical (unpaired) electrons. The molecule has 3 aromatic rings. The van der Waals surface area contributed by atoms with Gasteiger partial charge in [0.15, 0.2) is 0 Å². The van der Waals surface area contributed by atoms with E-state index in [0.29, 0.717) is 24.5 Å². The average Bonchev–Trinajstić information content (AvgIpc) is 2.90. The fraction of sp³-hybridized carbons (Fsp3) is 0.231. The lowest BCUT2D eigenvalue weighted by Crippen LogP contribution is -2.40. The van der Waals surface area contributed by atoms with Crippen molar-refractivity contribution in [3.05, 3.63) is 95.6 Å². The Morgan fingerprint density at radius 1 is 0.886 bits per heavy atom. The molecule has 0 aromatic heterocycles. The maximum absolute atomic E-state index is 13.0. The molecule has 1 heterocycles. The fourth-order valence-electron chi connectivity index (χ4n) is 3.82. The topological polar surface area (TPSA) is 105 Å². The highest BCUT2D eigenvalue weighted by Gasteiger charge is 2.27. The molecule has 0 bridgehead atoms. The summed E-state index contributed by atoms with van der Waals surface area (Å²) in [6.07, 6.45) is 0. The minimum atomic E-state index is -3.74. The lowest BCUT2D eigenvalue weighted by molar-refractivity contribution is 0.0730. The Hall–Kier alpha value is -3.53. The molecule has 1 aliphatic rings. The zero-order valence-electron chi connectivity index (χ0n) is 19.3. The van der Waals surface area contributed by atoms with E-state index in [1.54, 1.807) is 24.3 Å². The van der Waals surface area contributed by atoms with Gasteiger partial charge in [-0.25, -0.2) is 8.42 Å². The summed E-state index contributed by atoms with van der Waals surface area (Å²) in [5.74, 6) is -0.846. The van der Waals surface area contributed by atoms with Crippen molar-refractivity contribution in [2.75, 3.05) is 31.6 Å². The van der Waals surface area contributed by atoms with Crippen LogP contribution < -0.4 is 10.6 Å². The summed E-state index contributed by atoms with van der Waals surface area (Å²) in [6, 6.07) is 21.9. The summed E-state index contributed by atoms with van der Waals surface area (Å²) in [5.41, 5.74) is 1.77. The standard InChI is InChI=1S/C26H27N3O5S/c1-19(20-8-3-2-4-9-20)27-26(31)23-12-5-6-13-24(23)28-25(30)21-10-7-11-22(18-21)35(32,33)29-14-16-34-17-15-29/h2-13,18-19H,14-17H2,1H3,(H,27,31)(H,28,30). The summed E-state index contributed by atoms with van der Waals surface area (Å²) >= 11 is 0. The van der Waals surface area contributed by atoms with E-state index in [4.69, 9.17) is 4.74 Å². The van der Waals surface area contributed by atoms with Crippen molar-refractivity contribution in [2.24, 2.45) is 0 Å². The number of ether oxygens (including phenoxy) is 1. The molecule has 1 atom stereocenters. The van der Waals surface area contributed by atoms with Gasteiger partial charge in [-0.05, 0) is 42.8 Å². The molecule has 0 spiro atoms. The van der Waals surface area contributed by atoms with E-state index >= 15 is 0 Å². The Kier molecular flexibility index (Phi) is 7.60. The van der Waals surface area contributed by atoms with Gasteiger partial charge in [-0.2, -0.15) is 4.31 Å². The van der Waals surface area contributed by atoms with E-state index in [0.717, 1.165) is 5.56 Å². The van der Waals surface area contributed by atoms with Crippen LogP contribution in [0.1, 0.15) is 39.2 Å². The van der Waals surface area contributed by atoms with Gasteiger partial charge in [0.05, 0.1) is 35.4 Å². The molecule has 182 valence electrons. The molecule has 1 unspecified atom stereocenters. The summed E-state index contributed by atoms with van der Waals surface area (Å²) in [4.78, 5) is 26.0. The number of para-hydroxylation sites is 1. The minimum absolute atomic E-state index is 0.0368. The molecule has 1 aliphatic heterocycles. The van der Waals surface area contributed by atoms with Crippen LogP contribution >= 0.6 is 0 Å². The number of carbonyl (C=O) groups is 2. The van der Waals surface area contributed by atoms with Crippen molar-refractivity contribution in [3.63, 3.8) is 0 Å². The van der Waals surface area contributed by atoms with E-state index in [2.05, 4.69) is 10.6 Å². The van der Waals surface area contributed by atoms with E-state index < -0.39 is 15.9 Å². The molecule has 0 aliphatic carbocycles. The van der Waals surface area contributed by atoms with Crippen LogP contribution in [0.15, 0.2) is 83.8 Å². The van der Waals surface area contributed by atoms with Gasteiger partial charge in [-0.15, -0.1) is 0 Å². The number of carbonyl (C=O) groups excluding carboxylic acids is 2. The van der Waals surface area contributed by atoms with Crippen LogP contribution in [0.2, 0.25) is 0 Å². The van der Waals surface area contributed by atoms with Crippen LogP contribution in [-0.2, 0) is 14.8 Å². The average molecular weight is 494 g/mol. The quantitative estimate of drug-likeness (QED) is 0.525. The molecule has 2 amide bonds. The molecule has 0 saturated carbocycles. The number of rotatable bonds is 7. The van der Waals surface area contributed by atoms with E-state index in [9.17, 15) is 18.0 Å². The Labute approximate surface area is 205 Å². The van der Waals surface area contributed by atoms with Crippen LogP contribution in [0.25, 0.3) is 0 Å². The van der Waals surface area contributed by atoms with Crippen molar-refractivity contribution < 1.29 is 22.7 Å². The van der Waals surface area contributed by atoms with E-state index in [1.165, 1.54) is 28.6 Å². The first-order chi connectivity index (χ1) is 16.9. The number of morpholine rings is 1. The molecule has 2 N–H and O–H groups in total. The highest BCUT2D eigenvalue weighted by atomic mass is 32.2. The first kappa shape index (κ1) is 24.6. The van der Waals surface area contributed by atoms with Gasteiger partial charge in [-0.1, -0.05) is 48.5 Å². The van der Waals surface area contributed by atoms with Crippen molar-refractivity contribution >= 4 is 27.5 Å². The highest BCUT2D eigenvalue weighted by Crippen LogP contribution is 2.21. The number of nitrogens with one attached hydrogen (secondary N) is 2. The van der Waals surface area contributed by atoms with Crippen LogP contribution in [0.4, 0.5) is 5.69 Å². The predicted molar refractivity (Wildman–Crippen MR) is 133 cm³/mol. The number of anilines is 1. The Bertz CT molecular complexity index is 1310. The van der Waals surface area contributed by atoms with Gasteiger partial charge >= 0.3 is 0 Å². The third-order valence-electron chi connectivity index (χ3n) is 5.77. The second-order valence-corrected chi connectivity index (χ2v) is 10.1. The van der Waals surface area contributed by atoms with Crippen LogP contribution in [-0.4, -0.2) is 50.8 Å². The monoisotopic (exact) mass is 493 g/mol. The highest BCUT2D eigenvalue weighted by molar-refractivity contribution is 7.89. The Balaban J connectivity index is 1.51. The Morgan fingerprint density at radius 3 is 2.31 bits per heavy atom. The normalized spacial score (nSPS) is 15.2. The molecule has 1 saturated heterocycles. The van der Waals surface area contributed by atoms with Crippen LogP contribution in [0.5, 0.6) is 0 Å². The molecule has 1 fully saturated rings. The predicted octanol–water partition coefficient (Wildman–Crippen LogP) is 3.45. The SMILES string of the molecule is CC(NC(=O)c1ccccc1NC(=O)c1cccc(S(=O)(=O)N2CCOCC2)c1)c1ccccc1. The van der Waals surface area contributed by atoms with Crippen molar-refractivity contribution in [1.82, 2.24) is 9.62 Å². The molecule has 3 aromatic carbocycles. The van der Waals surface area contributed by atoms with Gasteiger partial charge in [-0.3, -0.25) is 9.59 Å². The number of hydrogen-bond acceptors (Lipinski definition) is 5. The molecule has 9 heteroatoms. The van der Waals surface area contributed by atoms with Crippen molar-refractivity contribution in [3.8, 4) is 0 Å². The third-order valence-corrected chi connectivity index (χ3v) is 7.67. The molecular formula is C26H27N3O5S. The maximum atomic E-state index is 13.0. The largest absolute Gasteiger partial charge is 0.379 e. The van der Waals surface area contributed by atoms with Gasteiger partial charge in [0.25, 0.3) is 11.8 Å². The summed E-state index contributed by atoms with van der Waals surface area (Å²) < 4.78 is 32.5. The number of benzene rings is 3. The second-order valence-electron chi connectivity index (χ2n) is 8.15. The number of sulfonamides is 1. The number of amides is 2. The number of hydrogen-bond donors (Lipinski definition) is 2. The van der Waals surface area contributed by atoms with Crippen LogP contribution in [0.3, 0.4) is 0 Å². The minimum Gasteiger partial charge on any atom is -0.379 e. The maximum Gasteiger partial charge on any atom is 0.255 e. The third kappa shape index (κ3) is 5.76. The molecule has 35 heavy (non-hydrogen) atoms. The summed E-state index contributed by atoms with van der Waals surface area (Å²) in [6.45, 7) is 3.09. The molecular weight excluding hydrogens is 466 g/mol. The van der Waals surface area contributed by atoms with Crippen molar-refractivity contribution in [2.45, 2.75) is 17.9 Å². The fourth-order valence-corrected chi connectivity index (χ4v) is 5.27. The summed E-state index contributed by atoms with van der Waals surface area (Å²) in [5, 5.41) is 5.70. The first-order valence-electron chi connectivity index (χ1n) is 11.3. The smallest absolute Gasteiger partial charge is 0.255 e. The van der Waals surface area contributed by atoms with Gasteiger partial charge < -0.3 is 15.4 Å². The van der Waals surface area contributed by atoms with Crippen molar-refractivity contribution in [1.29, 1.82) is 0 Å².